The fourth-order valence-corrected chi connectivity index (χ4v) is 11.5. The van der Waals surface area contributed by atoms with Crippen molar-refractivity contribution in [2.24, 2.45) is 7.05 Å². The third-order valence-electron chi connectivity index (χ3n) is 15.5. The Labute approximate surface area is 429 Å². The minimum atomic E-state index is -0.148. The highest BCUT2D eigenvalue weighted by molar-refractivity contribution is 6.99. The topological polar surface area (TPSA) is 20.6 Å². The van der Waals surface area contributed by atoms with Crippen molar-refractivity contribution in [3.63, 3.8) is 0 Å². The Morgan fingerprint density at radius 1 is 0.472 bits per heavy atom. The van der Waals surface area contributed by atoms with E-state index in [4.69, 9.17) is 4.74 Å². The van der Waals surface area contributed by atoms with E-state index in [0.717, 1.165) is 51.0 Å². The van der Waals surface area contributed by atoms with Crippen LogP contribution >= 0.6 is 0 Å². The van der Waals surface area contributed by atoms with Gasteiger partial charge in [-0.3, -0.25) is 0 Å². The third kappa shape index (κ3) is 7.91. The first-order valence-corrected chi connectivity index (χ1v) is 26.0. The van der Waals surface area contributed by atoms with E-state index in [2.05, 4.69) is 270 Å². The number of ether oxygens (including phenoxy) is 1. The molecule has 0 spiro atoms. The van der Waals surface area contributed by atoms with Crippen LogP contribution in [0.4, 0.5) is 34.1 Å². The first kappa shape index (κ1) is 47.4. The quantitative estimate of drug-likeness (QED) is 0.160. The number of anilines is 6. The maximum Gasteiger partial charge on any atom is 0.256 e. The van der Waals surface area contributed by atoms with E-state index in [1.54, 1.807) is 0 Å². The number of nitrogens with zero attached hydrogens (tertiary/aromatic N) is 3. The summed E-state index contributed by atoms with van der Waals surface area (Å²) >= 11 is 0. The summed E-state index contributed by atoms with van der Waals surface area (Å²) < 4.78 is 10.3. The van der Waals surface area contributed by atoms with Crippen molar-refractivity contribution in [2.75, 3.05) is 9.80 Å². The van der Waals surface area contributed by atoms with Crippen molar-refractivity contribution < 1.29 is 4.74 Å². The molecule has 3 heterocycles. The fourth-order valence-electron chi connectivity index (χ4n) is 11.5. The van der Waals surface area contributed by atoms with E-state index in [-0.39, 0.29) is 28.4 Å². The Hall–Kier alpha value is -6.98. The minimum absolute atomic E-state index is 0.00635. The van der Waals surface area contributed by atoms with Crippen LogP contribution in [-0.4, -0.2) is 11.3 Å². The number of rotatable bonds is 5. The standard InChI is InChI=1S/C67H70BN3O/c1-41-34-42(2)36-43(35-41)44-37-58-60-59(38-44)72-63-55(68(60)54-39-48(67(12,13)14)26-33-57(54)71(58)51-31-24-47(25-32-51)66(9,10)11)40-53-52-18-16-17-19-56(52)69(15)61(53)62(63)70(49-27-20-45(21-28-49)64(3,4)5)50-29-22-46(23-30-50)65(6,7)8/h16-40H,1-15H3. The highest BCUT2D eigenvalue weighted by Gasteiger charge is 2.45. The van der Waals surface area contributed by atoms with Gasteiger partial charge in [-0.2, -0.15) is 0 Å². The van der Waals surface area contributed by atoms with Gasteiger partial charge in [0.1, 0.15) is 17.2 Å². The Balaban J connectivity index is 1.28. The summed E-state index contributed by atoms with van der Waals surface area (Å²) in [6.07, 6.45) is 0. The summed E-state index contributed by atoms with van der Waals surface area (Å²) in [5, 5.41) is 2.43. The van der Waals surface area contributed by atoms with Gasteiger partial charge in [0, 0.05) is 51.8 Å². The molecule has 0 unspecified atom stereocenters. The van der Waals surface area contributed by atoms with E-state index in [1.165, 1.54) is 77.3 Å². The summed E-state index contributed by atoms with van der Waals surface area (Å²) in [7, 11) is 2.23. The van der Waals surface area contributed by atoms with Crippen LogP contribution in [0.2, 0.25) is 0 Å². The van der Waals surface area contributed by atoms with Gasteiger partial charge in [0.25, 0.3) is 6.71 Å². The first-order chi connectivity index (χ1) is 34.0. The fraction of sp³-hybridized carbons (Fsp3) is 0.284. The van der Waals surface area contributed by atoms with Crippen molar-refractivity contribution in [1.29, 1.82) is 0 Å². The molecule has 0 fully saturated rings. The third-order valence-corrected chi connectivity index (χ3v) is 15.5. The van der Waals surface area contributed by atoms with Crippen LogP contribution < -0.4 is 30.9 Å². The average molecular weight is 944 g/mol. The molecule has 72 heavy (non-hydrogen) atoms. The normalized spacial score (nSPS) is 13.5. The van der Waals surface area contributed by atoms with E-state index < -0.39 is 0 Å². The molecule has 0 N–H and O–H groups in total. The summed E-state index contributed by atoms with van der Waals surface area (Å²) in [5.74, 6) is 1.76. The molecule has 362 valence electrons. The molecule has 0 saturated carbocycles. The van der Waals surface area contributed by atoms with Crippen LogP contribution in [0.3, 0.4) is 0 Å². The summed E-state index contributed by atoms with van der Waals surface area (Å²) in [4.78, 5) is 5.00. The van der Waals surface area contributed by atoms with Crippen LogP contribution in [0.25, 0.3) is 32.9 Å². The lowest BCUT2D eigenvalue weighted by atomic mass is 9.33. The van der Waals surface area contributed by atoms with Crippen LogP contribution in [-0.2, 0) is 28.7 Å². The van der Waals surface area contributed by atoms with Gasteiger partial charge in [0.2, 0.25) is 0 Å². The maximum atomic E-state index is 7.90. The molecular weight excluding hydrogens is 874 g/mol. The predicted octanol–water partition coefficient (Wildman–Crippen LogP) is 16.7. The molecule has 0 aliphatic carbocycles. The minimum Gasteiger partial charge on any atom is -0.456 e. The van der Waals surface area contributed by atoms with Crippen molar-refractivity contribution in [3.05, 3.63) is 185 Å². The monoisotopic (exact) mass is 944 g/mol. The summed E-state index contributed by atoms with van der Waals surface area (Å²) in [6, 6.07) is 58.1. The van der Waals surface area contributed by atoms with Gasteiger partial charge in [-0.05, 0) is 146 Å². The number of hydrogen-bond acceptors (Lipinski definition) is 3. The van der Waals surface area contributed by atoms with Crippen molar-refractivity contribution in [3.8, 4) is 22.6 Å². The molecule has 0 radical (unpaired) electrons. The smallest absolute Gasteiger partial charge is 0.256 e. The molecule has 2 aliphatic heterocycles. The van der Waals surface area contributed by atoms with Crippen molar-refractivity contribution in [1.82, 2.24) is 4.57 Å². The molecule has 5 heteroatoms. The Morgan fingerprint density at radius 2 is 0.986 bits per heavy atom. The van der Waals surface area contributed by atoms with E-state index in [9.17, 15) is 0 Å². The molecule has 1 aromatic heterocycles. The van der Waals surface area contributed by atoms with Gasteiger partial charge >= 0.3 is 0 Å². The number of aromatic nitrogens is 1. The Kier molecular flexibility index (Phi) is 10.9. The molecule has 4 nitrogen and oxygen atoms in total. The van der Waals surface area contributed by atoms with Gasteiger partial charge in [-0.1, -0.05) is 185 Å². The van der Waals surface area contributed by atoms with Crippen LogP contribution in [0.1, 0.15) is 116 Å². The highest BCUT2D eigenvalue weighted by atomic mass is 16.5. The number of benzene rings is 8. The molecule has 11 rings (SSSR count). The van der Waals surface area contributed by atoms with E-state index in [1.807, 2.05) is 0 Å². The van der Waals surface area contributed by atoms with Gasteiger partial charge in [-0.25, -0.2) is 0 Å². The second-order valence-electron chi connectivity index (χ2n) is 25.0. The largest absolute Gasteiger partial charge is 0.456 e. The molecule has 8 aromatic carbocycles. The zero-order valence-electron chi connectivity index (χ0n) is 45.3. The lowest BCUT2D eigenvalue weighted by Crippen LogP contribution is -2.60. The molecule has 9 aromatic rings. The summed E-state index contributed by atoms with van der Waals surface area (Å²) in [5.41, 5.74) is 22.5. The molecule has 0 atom stereocenters. The number of hydrogen-bond donors (Lipinski definition) is 0. The Morgan fingerprint density at radius 3 is 1.54 bits per heavy atom. The molecule has 0 saturated heterocycles. The van der Waals surface area contributed by atoms with Gasteiger partial charge < -0.3 is 19.1 Å². The number of fused-ring (bicyclic) bond motifs is 7. The first-order valence-electron chi connectivity index (χ1n) is 26.0. The van der Waals surface area contributed by atoms with E-state index in [0.29, 0.717) is 0 Å². The van der Waals surface area contributed by atoms with Gasteiger partial charge in [0.05, 0.1) is 5.52 Å². The lowest BCUT2D eigenvalue weighted by Gasteiger charge is -2.42. The maximum absolute atomic E-state index is 7.90. The lowest BCUT2D eigenvalue weighted by molar-refractivity contribution is 0.489. The van der Waals surface area contributed by atoms with Crippen molar-refractivity contribution >= 4 is 79.0 Å². The summed E-state index contributed by atoms with van der Waals surface area (Å²) in [6.45, 7) is 31.9. The zero-order chi connectivity index (χ0) is 51.0. The number of aryl methyl sites for hydroxylation is 3. The van der Waals surface area contributed by atoms with E-state index >= 15 is 0 Å². The molecular formula is C67H70BN3O. The zero-order valence-corrected chi connectivity index (χ0v) is 45.3. The predicted molar refractivity (Wildman–Crippen MR) is 311 cm³/mol. The Bertz CT molecular complexity index is 3530. The molecule has 2 aliphatic rings. The average Bonchev–Trinajstić information content (AvgIpc) is 3.60. The van der Waals surface area contributed by atoms with Gasteiger partial charge in [-0.15, -0.1) is 0 Å². The molecule has 0 amide bonds. The second kappa shape index (κ2) is 16.5. The number of para-hydroxylation sites is 1. The SMILES string of the molecule is Cc1cc(C)cc(-c2cc3c4c(c2)N(c2ccc(C(C)(C)C)cc2)c2ccc(C(C)(C)C)cc2B4c2cc4c5ccccc5n(C)c4c(N(c4ccc(C(C)(C)C)cc4)c4ccc(C(C)(C)C)cc4)c2O3)c1. The van der Waals surface area contributed by atoms with Crippen LogP contribution in [0, 0.1) is 13.8 Å². The van der Waals surface area contributed by atoms with Crippen LogP contribution in [0.5, 0.6) is 11.5 Å². The van der Waals surface area contributed by atoms with Crippen LogP contribution in [0.15, 0.2) is 152 Å². The second-order valence-corrected chi connectivity index (χ2v) is 25.0. The van der Waals surface area contributed by atoms with Gasteiger partial charge in [0.15, 0.2) is 0 Å². The van der Waals surface area contributed by atoms with Crippen molar-refractivity contribution in [2.45, 2.75) is 119 Å². The highest BCUT2D eigenvalue weighted by Crippen LogP contribution is 2.52. The molecule has 0 bridgehead atoms.